The summed E-state index contributed by atoms with van der Waals surface area (Å²) in [6.07, 6.45) is 5.96. The summed E-state index contributed by atoms with van der Waals surface area (Å²) in [6, 6.07) is 0. The number of carbonyl (C=O) groups excluding carboxylic acids is 1. The van der Waals surface area contributed by atoms with Crippen LogP contribution in [0.2, 0.25) is 0 Å². The summed E-state index contributed by atoms with van der Waals surface area (Å²) in [6.45, 7) is 18.4. The molecule has 0 aromatic heterocycles. The van der Waals surface area contributed by atoms with Crippen molar-refractivity contribution in [2.24, 2.45) is 21.9 Å². The van der Waals surface area contributed by atoms with Crippen LogP contribution in [0.4, 0.5) is 0 Å². The molecule has 0 amide bonds. The van der Waals surface area contributed by atoms with Gasteiger partial charge >= 0.3 is 0 Å². The summed E-state index contributed by atoms with van der Waals surface area (Å²) in [5.41, 5.74) is -0.0645. The van der Waals surface area contributed by atoms with E-state index in [4.69, 9.17) is 0 Å². The number of carbonyl (C=O) groups is 1. The zero-order valence-electron chi connectivity index (χ0n) is 15.7. The van der Waals surface area contributed by atoms with Gasteiger partial charge in [0.1, 0.15) is 5.78 Å². The Bertz CT molecular complexity index is 301. The largest absolute Gasteiger partial charge is 0.570 e. The minimum absolute atomic E-state index is 0. The van der Waals surface area contributed by atoms with E-state index in [9.17, 15) is 4.79 Å². The van der Waals surface area contributed by atoms with E-state index in [-0.39, 0.29) is 55.2 Å². The van der Waals surface area contributed by atoms with Crippen LogP contribution < -0.4 is 0 Å². The van der Waals surface area contributed by atoms with Crippen molar-refractivity contribution in [2.75, 3.05) is 0 Å². The second-order valence-corrected chi connectivity index (χ2v) is 7.64. The van der Waals surface area contributed by atoms with E-state index in [1.165, 1.54) is 12.8 Å². The van der Waals surface area contributed by atoms with Crippen LogP contribution in [0.1, 0.15) is 74.1 Å². The molecule has 0 saturated carbocycles. The van der Waals surface area contributed by atoms with Crippen molar-refractivity contribution < 1.29 is 42.3 Å². The van der Waals surface area contributed by atoms with Crippen LogP contribution in [0.5, 0.6) is 0 Å². The van der Waals surface area contributed by atoms with Gasteiger partial charge in [0.05, 0.1) is 0 Å². The first kappa shape index (κ1) is 27.1. The van der Waals surface area contributed by atoms with E-state index in [2.05, 4.69) is 51.7 Å². The van der Waals surface area contributed by atoms with Gasteiger partial charge in [0.2, 0.25) is 0 Å². The Labute approximate surface area is 163 Å². The number of hydrogen-bond acceptors (Lipinski definition) is 3. The smallest absolute Gasteiger partial charge is 0.111 e. The minimum Gasteiger partial charge on any atom is -0.570 e. The van der Waals surface area contributed by atoms with Gasteiger partial charge in [0.15, 0.2) is 0 Å². The van der Waals surface area contributed by atoms with E-state index in [0.717, 1.165) is 12.8 Å². The van der Waals surface area contributed by atoms with Gasteiger partial charge in [0.25, 0.3) is 0 Å². The molecule has 129 valence electrons. The third kappa shape index (κ3) is 18.3. The molecular formula is C18H35NO2Y-2. The van der Waals surface area contributed by atoms with E-state index in [1.54, 1.807) is 6.21 Å². The van der Waals surface area contributed by atoms with Gasteiger partial charge in [-0.1, -0.05) is 61.3 Å². The number of unbranched alkanes of at least 4 members (excludes halogenated alkanes) is 2. The van der Waals surface area contributed by atoms with Crippen LogP contribution in [0.25, 0.3) is 0 Å². The number of hydrogen-bond donors (Lipinski definition) is 0. The number of nitrogens with zero attached hydrogens (tertiary/aromatic N) is 1. The molecule has 0 rings (SSSR count). The summed E-state index contributed by atoms with van der Waals surface area (Å²) >= 11 is 0. The Morgan fingerprint density at radius 3 is 2.05 bits per heavy atom. The fourth-order valence-corrected chi connectivity index (χ4v) is 1.85. The number of Topliss-reactive ketones (excluding diaryl/α,β-unsaturated/α-hetero) is 1. The first-order valence-corrected chi connectivity index (χ1v) is 7.76. The molecule has 22 heavy (non-hydrogen) atoms. The molecule has 0 aliphatic heterocycles. The van der Waals surface area contributed by atoms with E-state index in [0.29, 0.717) is 0 Å². The summed E-state index contributed by atoms with van der Waals surface area (Å²) in [4.78, 5) is 16.0. The second kappa shape index (κ2) is 13.7. The quantitative estimate of drug-likeness (QED) is 0.263. The van der Waals surface area contributed by atoms with E-state index in [1.807, 2.05) is 20.8 Å². The minimum atomic E-state index is -0.252. The van der Waals surface area contributed by atoms with Crippen LogP contribution in [0.15, 0.2) is 5.16 Å². The number of ketones is 1. The molecule has 0 aliphatic carbocycles. The Balaban J connectivity index is -0.000000348. The maximum atomic E-state index is 11.8. The van der Waals surface area contributed by atoms with Gasteiger partial charge < -0.3 is 16.6 Å². The van der Waals surface area contributed by atoms with Crippen molar-refractivity contribution in [2.45, 2.75) is 74.1 Å². The van der Waals surface area contributed by atoms with Gasteiger partial charge in [-0.25, -0.2) is 0 Å². The predicted octanol–water partition coefficient (Wildman–Crippen LogP) is 5.46. The molecule has 1 atom stereocenters. The third-order valence-electron chi connectivity index (χ3n) is 2.80. The van der Waals surface area contributed by atoms with E-state index < -0.39 is 0 Å². The van der Waals surface area contributed by atoms with Crippen molar-refractivity contribution in [3.63, 3.8) is 0 Å². The van der Waals surface area contributed by atoms with Gasteiger partial charge in [-0.2, -0.15) is 0 Å². The topological polar surface area (TPSA) is 38.7 Å². The Hall–Kier alpha value is 0.244. The molecule has 0 N–H and O–H groups in total. The molecule has 0 bridgehead atoms. The maximum absolute atomic E-state index is 11.8. The Kier molecular flexibility index (Phi) is 16.8. The van der Waals surface area contributed by atoms with Crippen molar-refractivity contribution >= 4 is 12.0 Å². The molecule has 0 aromatic carbocycles. The molecule has 0 heterocycles. The SMILES string of the molecule is [CH2-]C(CC(C)(C)C)C(=O)C(C)(C)C.[CH2-]O/N=C/CCCC.[Y]. The van der Waals surface area contributed by atoms with Crippen LogP contribution in [0, 0.1) is 30.8 Å². The molecule has 3 nitrogen and oxygen atoms in total. The molecule has 0 spiro atoms. The Morgan fingerprint density at radius 2 is 1.73 bits per heavy atom. The summed E-state index contributed by atoms with van der Waals surface area (Å²) in [5, 5.41) is 3.47. The fourth-order valence-electron chi connectivity index (χ4n) is 1.85. The van der Waals surface area contributed by atoms with Gasteiger partial charge in [-0.05, 0) is 18.3 Å². The van der Waals surface area contributed by atoms with Crippen molar-refractivity contribution in [1.82, 2.24) is 0 Å². The standard InChI is InChI=1S/C12H23O.C6H12NO.Y/c1-9(8-11(2,3)4)10(13)12(5,6)7;1-3-4-5-6-7-8-2;/h9H,1,8H2,2-7H3;6H,2-5H2,1H3;/q2*-1;/b;7-6+;. The first-order chi connectivity index (χ1) is 9.45. The summed E-state index contributed by atoms with van der Waals surface area (Å²) < 4.78 is 0. The van der Waals surface area contributed by atoms with Crippen molar-refractivity contribution in [1.29, 1.82) is 0 Å². The molecule has 0 aliphatic rings. The van der Waals surface area contributed by atoms with Crippen LogP contribution >= 0.6 is 0 Å². The first-order valence-electron chi connectivity index (χ1n) is 7.76. The molecule has 0 saturated heterocycles. The average Bonchev–Trinajstić information content (AvgIpc) is 2.31. The zero-order valence-corrected chi connectivity index (χ0v) is 18.6. The number of rotatable bonds is 6. The monoisotopic (exact) mass is 386 g/mol. The molecular weight excluding hydrogens is 351 g/mol. The molecule has 0 fully saturated rings. The predicted molar refractivity (Wildman–Crippen MR) is 91.8 cm³/mol. The maximum Gasteiger partial charge on any atom is 0.111 e. The second-order valence-electron chi connectivity index (χ2n) is 7.64. The van der Waals surface area contributed by atoms with Crippen LogP contribution in [0.3, 0.4) is 0 Å². The molecule has 1 unspecified atom stereocenters. The molecule has 0 aromatic rings. The zero-order chi connectivity index (χ0) is 17.1. The summed E-state index contributed by atoms with van der Waals surface area (Å²) in [7, 11) is 3.09. The average molecular weight is 386 g/mol. The Morgan fingerprint density at radius 1 is 1.23 bits per heavy atom. The van der Waals surface area contributed by atoms with Crippen LogP contribution in [-0.2, 0) is 42.3 Å². The van der Waals surface area contributed by atoms with E-state index >= 15 is 0 Å². The fraction of sp³-hybridized carbons (Fsp3) is 0.778. The molecule has 4 heteroatoms. The van der Waals surface area contributed by atoms with Crippen molar-refractivity contribution in [3.05, 3.63) is 14.0 Å². The third-order valence-corrected chi connectivity index (χ3v) is 2.80. The summed E-state index contributed by atoms with van der Waals surface area (Å²) in [5.74, 6) is 0.197. The van der Waals surface area contributed by atoms with Gasteiger partial charge in [-0.3, -0.25) is 0 Å². The molecule has 1 radical (unpaired) electrons. The number of oxime groups is 1. The van der Waals surface area contributed by atoms with Gasteiger partial charge in [0, 0.05) is 44.3 Å². The van der Waals surface area contributed by atoms with Crippen molar-refractivity contribution in [3.8, 4) is 0 Å². The van der Waals surface area contributed by atoms with Gasteiger partial charge in [-0.15, -0.1) is 18.2 Å². The normalized spacial score (nSPS) is 13.0. The van der Waals surface area contributed by atoms with Crippen LogP contribution in [-0.4, -0.2) is 12.0 Å².